The second-order valence-electron chi connectivity index (χ2n) is 12.7. The van der Waals surface area contributed by atoms with E-state index in [-0.39, 0.29) is 10.8 Å². The van der Waals surface area contributed by atoms with Gasteiger partial charge in [0.15, 0.2) is 0 Å². The molecule has 0 heterocycles. The third kappa shape index (κ3) is 7.10. The van der Waals surface area contributed by atoms with Crippen LogP contribution in [0.3, 0.4) is 0 Å². The van der Waals surface area contributed by atoms with Crippen molar-refractivity contribution in [1.29, 1.82) is 0 Å². The van der Waals surface area contributed by atoms with Crippen LogP contribution in [-0.4, -0.2) is 0 Å². The summed E-state index contributed by atoms with van der Waals surface area (Å²) in [7, 11) is 0. The molecule has 0 amide bonds. The monoisotopic (exact) mass is 602 g/mol. The second-order valence-corrected chi connectivity index (χ2v) is 13.7. The Balaban J connectivity index is 1.41. The maximum Gasteiger partial charge on any atom is 0.0464 e. The maximum absolute atomic E-state index is 3.67. The van der Waals surface area contributed by atoms with E-state index in [1.165, 1.54) is 27.8 Å². The molecule has 0 aromatic heterocycles. The summed E-state index contributed by atoms with van der Waals surface area (Å²) in [4.78, 5) is 0. The van der Waals surface area contributed by atoms with E-state index in [4.69, 9.17) is 0 Å². The molecule has 208 valence electrons. The minimum Gasteiger partial charge on any atom is -0.356 e. The van der Waals surface area contributed by atoms with Gasteiger partial charge in [-0.05, 0) is 99.3 Å². The van der Waals surface area contributed by atoms with Crippen LogP contribution in [0.2, 0.25) is 0 Å². The zero-order chi connectivity index (χ0) is 29.2. The van der Waals surface area contributed by atoms with E-state index in [0.29, 0.717) is 0 Å². The Morgan fingerprint density at radius 1 is 0.439 bits per heavy atom. The van der Waals surface area contributed by atoms with Crippen LogP contribution in [0.1, 0.15) is 52.7 Å². The van der Waals surface area contributed by atoms with Crippen molar-refractivity contribution in [3.05, 3.63) is 131 Å². The van der Waals surface area contributed by atoms with Crippen LogP contribution in [0.25, 0.3) is 22.3 Å². The third-order valence-corrected chi connectivity index (χ3v) is 7.99. The van der Waals surface area contributed by atoms with Crippen LogP contribution < -0.4 is 10.6 Å². The zero-order valence-corrected chi connectivity index (χ0v) is 26.4. The van der Waals surface area contributed by atoms with Crippen LogP contribution in [0.4, 0.5) is 22.7 Å². The summed E-state index contributed by atoms with van der Waals surface area (Å²) >= 11 is 3.58. The molecule has 2 N–H and O–H groups in total. The lowest BCUT2D eigenvalue weighted by atomic mass is 9.87. The Morgan fingerprint density at radius 3 is 1.34 bits per heavy atom. The number of hydrogen-bond donors (Lipinski definition) is 2. The van der Waals surface area contributed by atoms with Crippen molar-refractivity contribution in [3.8, 4) is 22.3 Å². The average molecular weight is 604 g/mol. The summed E-state index contributed by atoms with van der Waals surface area (Å²) in [5.74, 6) is 0. The summed E-state index contributed by atoms with van der Waals surface area (Å²) in [5.41, 5.74) is 11.9. The summed E-state index contributed by atoms with van der Waals surface area (Å²) < 4.78 is 1.07. The Bertz CT molecular complexity index is 1600. The average Bonchev–Trinajstić information content (AvgIpc) is 2.94. The standard InChI is InChI=1S/C38H39BrN2/c1-37(2,3)29-12-20-33(21-13-29)40-32-18-9-26(10-19-32)28-11-24-36(35(25-28)27-7-16-31(39)17-8-27)41-34-22-14-30(15-23-34)38(4,5)6/h7-25,40-41H,1-6H3. The first-order valence-electron chi connectivity index (χ1n) is 14.2. The van der Waals surface area contributed by atoms with Crippen molar-refractivity contribution in [2.24, 2.45) is 0 Å². The van der Waals surface area contributed by atoms with Crippen LogP contribution in [0.15, 0.2) is 120 Å². The molecule has 0 fully saturated rings. The predicted octanol–water partition coefficient (Wildman–Crippen LogP) is 11.9. The van der Waals surface area contributed by atoms with Crippen LogP contribution in [0.5, 0.6) is 0 Å². The van der Waals surface area contributed by atoms with Gasteiger partial charge in [0.1, 0.15) is 0 Å². The quantitative estimate of drug-likeness (QED) is 0.202. The van der Waals surface area contributed by atoms with Gasteiger partial charge in [0.25, 0.3) is 0 Å². The topological polar surface area (TPSA) is 24.1 Å². The van der Waals surface area contributed by atoms with Crippen molar-refractivity contribution < 1.29 is 0 Å². The van der Waals surface area contributed by atoms with E-state index < -0.39 is 0 Å². The van der Waals surface area contributed by atoms with Gasteiger partial charge >= 0.3 is 0 Å². The molecule has 5 aromatic carbocycles. The fraction of sp³-hybridized carbons (Fsp3) is 0.211. The minimum absolute atomic E-state index is 0.130. The van der Waals surface area contributed by atoms with Gasteiger partial charge in [0, 0.05) is 32.8 Å². The highest BCUT2D eigenvalue weighted by atomic mass is 79.9. The molecule has 5 aromatic rings. The minimum atomic E-state index is 0.130. The first kappa shape index (κ1) is 28.7. The molecular weight excluding hydrogens is 564 g/mol. The summed E-state index contributed by atoms with van der Waals surface area (Å²) in [6, 6.07) is 41.3. The highest BCUT2D eigenvalue weighted by molar-refractivity contribution is 9.10. The Kier molecular flexibility index (Phi) is 8.11. The van der Waals surface area contributed by atoms with Gasteiger partial charge in [-0.3, -0.25) is 0 Å². The zero-order valence-electron chi connectivity index (χ0n) is 24.8. The molecule has 0 saturated carbocycles. The molecule has 0 aliphatic heterocycles. The Hall–Kier alpha value is -3.82. The van der Waals surface area contributed by atoms with E-state index >= 15 is 0 Å². The van der Waals surface area contributed by atoms with Crippen molar-refractivity contribution in [2.45, 2.75) is 52.4 Å². The molecule has 0 saturated heterocycles. The van der Waals surface area contributed by atoms with Gasteiger partial charge in [-0.25, -0.2) is 0 Å². The number of nitrogens with one attached hydrogen (secondary N) is 2. The van der Waals surface area contributed by atoms with Gasteiger partial charge in [-0.15, -0.1) is 0 Å². The molecule has 41 heavy (non-hydrogen) atoms. The Labute approximate surface area is 254 Å². The smallest absolute Gasteiger partial charge is 0.0464 e. The number of benzene rings is 5. The summed E-state index contributed by atoms with van der Waals surface area (Å²) in [5, 5.41) is 7.21. The summed E-state index contributed by atoms with van der Waals surface area (Å²) in [6.45, 7) is 13.4. The SMILES string of the molecule is CC(C)(C)c1ccc(Nc2ccc(-c3ccc(Nc4ccc(C(C)(C)C)cc4)c(-c4ccc(Br)cc4)c3)cc2)cc1. The van der Waals surface area contributed by atoms with Crippen molar-refractivity contribution >= 4 is 38.7 Å². The molecule has 0 radical (unpaired) electrons. The fourth-order valence-corrected chi connectivity index (χ4v) is 5.14. The van der Waals surface area contributed by atoms with E-state index in [0.717, 1.165) is 32.8 Å². The third-order valence-electron chi connectivity index (χ3n) is 7.46. The van der Waals surface area contributed by atoms with Crippen LogP contribution in [-0.2, 0) is 10.8 Å². The van der Waals surface area contributed by atoms with E-state index in [9.17, 15) is 0 Å². The Morgan fingerprint density at radius 2 is 0.854 bits per heavy atom. The molecule has 3 heteroatoms. The second kappa shape index (κ2) is 11.6. The molecule has 0 atom stereocenters. The van der Waals surface area contributed by atoms with Crippen molar-refractivity contribution in [2.75, 3.05) is 10.6 Å². The van der Waals surface area contributed by atoms with E-state index in [2.05, 4.69) is 183 Å². The number of hydrogen-bond acceptors (Lipinski definition) is 2. The lowest BCUT2D eigenvalue weighted by Crippen LogP contribution is -2.10. The van der Waals surface area contributed by atoms with Gasteiger partial charge < -0.3 is 10.6 Å². The molecule has 0 aliphatic rings. The van der Waals surface area contributed by atoms with Gasteiger partial charge in [-0.1, -0.05) is 112 Å². The predicted molar refractivity (Wildman–Crippen MR) is 182 cm³/mol. The first-order valence-corrected chi connectivity index (χ1v) is 15.0. The fourth-order valence-electron chi connectivity index (χ4n) is 4.88. The van der Waals surface area contributed by atoms with Gasteiger partial charge in [0.2, 0.25) is 0 Å². The number of anilines is 4. The van der Waals surface area contributed by atoms with Crippen molar-refractivity contribution in [1.82, 2.24) is 0 Å². The highest BCUT2D eigenvalue weighted by Gasteiger charge is 2.15. The number of halogens is 1. The lowest BCUT2D eigenvalue weighted by Gasteiger charge is -2.20. The van der Waals surface area contributed by atoms with Crippen molar-refractivity contribution in [3.63, 3.8) is 0 Å². The molecule has 5 rings (SSSR count). The lowest BCUT2D eigenvalue weighted by molar-refractivity contribution is 0.590. The largest absolute Gasteiger partial charge is 0.356 e. The van der Waals surface area contributed by atoms with Gasteiger partial charge in [0.05, 0.1) is 0 Å². The molecule has 0 aliphatic carbocycles. The van der Waals surface area contributed by atoms with E-state index in [1.807, 2.05) is 0 Å². The summed E-state index contributed by atoms with van der Waals surface area (Å²) in [6.07, 6.45) is 0. The molecule has 0 bridgehead atoms. The molecule has 0 spiro atoms. The van der Waals surface area contributed by atoms with Crippen LogP contribution in [0, 0.1) is 0 Å². The van der Waals surface area contributed by atoms with Crippen LogP contribution >= 0.6 is 15.9 Å². The van der Waals surface area contributed by atoms with Gasteiger partial charge in [-0.2, -0.15) is 0 Å². The molecular formula is C38H39BrN2. The van der Waals surface area contributed by atoms with E-state index in [1.54, 1.807) is 0 Å². The normalized spacial score (nSPS) is 11.8. The molecule has 0 unspecified atom stereocenters. The maximum atomic E-state index is 3.67. The first-order chi connectivity index (χ1) is 19.5. The molecule has 2 nitrogen and oxygen atoms in total. The highest BCUT2D eigenvalue weighted by Crippen LogP contribution is 2.36. The number of rotatable bonds is 6.